The maximum atomic E-state index is 12.2. The minimum atomic E-state index is -0.144. The largest absolute Gasteiger partial charge is 0.495 e. The monoisotopic (exact) mass is 373 g/mol. The van der Waals surface area contributed by atoms with Crippen molar-refractivity contribution in [3.05, 3.63) is 72.6 Å². The van der Waals surface area contributed by atoms with Gasteiger partial charge in [-0.1, -0.05) is 59.8 Å². The van der Waals surface area contributed by atoms with Crippen LogP contribution in [0.15, 0.2) is 71.3 Å². The van der Waals surface area contributed by atoms with E-state index in [4.69, 9.17) is 9.26 Å². The van der Waals surface area contributed by atoms with Gasteiger partial charge in [-0.25, -0.2) is 0 Å². The van der Waals surface area contributed by atoms with Crippen LogP contribution in [0.1, 0.15) is 12.3 Å². The Morgan fingerprint density at radius 2 is 1.82 bits per heavy atom. The Bertz CT molecular complexity index is 1120. The van der Waals surface area contributed by atoms with Gasteiger partial charge in [0.15, 0.2) is 0 Å². The SMILES string of the molecule is COc1ccccc1NC(=O)CCc1nc(-c2cccc3ccccc23)no1. The van der Waals surface area contributed by atoms with Crippen LogP contribution < -0.4 is 10.1 Å². The zero-order valence-electron chi connectivity index (χ0n) is 15.4. The predicted octanol–water partition coefficient (Wildman–Crippen LogP) is 4.47. The zero-order chi connectivity index (χ0) is 19.3. The van der Waals surface area contributed by atoms with E-state index in [0.29, 0.717) is 29.6 Å². The molecule has 0 saturated carbocycles. The molecule has 140 valence electrons. The molecule has 1 amide bonds. The average molecular weight is 373 g/mol. The number of aromatic nitrogens is 2. The number of nitrogens with zero attached hydrogens (tertiary/aromatic N) is 2. The van der Waals surface area contributed by atoms with Gasteiger partial charge in [0.1, 0.15) is 5.75 Å². The standard InChI is InChI=1S/C22H19N3O3/c1-27-19-12-5-4-11-18(19)23-20(26)13-14-21-24-22(25-28-21)17-10-6-8-15-7-2-3-9-16(15)17/h2-12H,13-14H2,1H3,(H,23,26). The highest BCUT2D eigenvalue weighted by atomic mass is 16.5. The Hall–Kier alpha value is -3.67. The van der Waals surface area contributed by atoms with Crippen LogP contribution in [-0.4, -0.2) is 23.2 Å². The topological polar surface area (TPSA) is 77.2 Å². The van der Waals surface area contributed by atoms with E-state index in [-0.39, 0.29) is 12.3 Å². The Kier molecular flexibility index (Phi) is 5.01. The molecule has 1 heterocycles. The van der Waals surface area contributed by atoms with Crippen molar-refractivity contribution in [3.8, 4) is 17.1 Å². The lowest BCUT2D eigenvalue weighted by molar-refractivity contribution is -0.116. The van der Waals surface area contributed by atoms with Crippen LogP contribution in [0.25, 0.3) is 22.2 Å². The Morgan fingerprint density at radius 1 is 1.04 bits per heavy atom. The van der Waals surface area contributed by atoms with Gasteiger partial charge < -0.3 is 14.6 Å². The molecule has 1 aromatic heterocycles. The number of methoxy groups -OCH3 is 1. The van der Waals surface area contributed by atoms with Crippen molar-refractivity contribution >= 4 is 22.4 Å². The van der Waals surface area contributed by atoms with Gasteiger partial charge in [0, 0.05) is 18.4 Å². The van der Waals surface area contributed by atoms with Gasteiger partial charge in [-0.2, -0.15) is 4.98 Å². The number of nitrogens with one attached hydrogen (secondary N) is 1. The molecule has 4 aromatic rings. The van der Waals surface area contributed by atoms with Gasteiger partial charge in [0.25, 0.3) is 0 Å². The van der Waals surface area contributed by atoms with Gasteiger partial charge in [0.05, 0.1) is 12.8 Å². The summed E-state index contributed by atoms with van der Waals surface area (Å²) in [6.07, 6.45) is 0.591. The van der Waals surface area contributed by atoms with Crippen molar-refractivity contribution < 1.29 is 14.1 Å². The van der Waals surface area contributed by atoms with Gasteiger partial charge in [0.2, 0.25) is 17.6 Å². The van der Waals surface area contributed by atoms with E-state index in [2.05, 4.69) is 15.5 Å². The molecule has 0 bridgehead atoms. The Balaban J connectivity index is 1.44. The van der Waals surface area contributed by atoms with Crippen LogP contribution in [0.3, 0.4) is 0 Å². The van der Waals surface area contributed by atoms with Crippen molar-refractivity contribution in [1.82, 2.24) is 10.1 Å². The number of para-hydroxylation sites is 2. The van der Waals surface area contributed by atoms with Gasteiger partial charge >= 0.3 is 0 Å². The molecule has 0 aliphatic carbocycles. The molecule has 0 unspecified atom stereocenters. The highest BCUT2D eigenvalue weighted by Crippen LogP contribution is 2.27. The quantitative estimate of drug-likeness (QED) is 0.540. The molecule has 28 heavy (non-hydrogen) atoms. The van der Waals surface area contributed by atoms with Crippen molar-refractivity contribution in [1.29, 1.82) is 0 Å². The van der Waals surface area contributed by atoms with Crippen LogP contribution in [0, 0.1) is 0 Å². The summed E-state index contributed by atoms with van der Waals surface area (Å²) in [6.45, 7) is 0. The number of amides is 1. The third kappa shape index (κ3) is 3.71. The summed E-state index contributed by atoms with van der Waals surface area (Å²) in [6, 6.07) is 21.3. The number of anilines is 1. The van der Waals surface area contributed by atoms with Crippen molar-refractivity contribution in [3.63, 3.8) is 0 Å². The normalized spacial score (nSPS) is 10.8. The van der Waals surface area contributed by atoms with Crippen molar-refractivity contribution in [2.24, 2.45) is 0 Å². The first-order valence-electron chi connectivity index (χ1n) is 8.98. The van der Waals surface area contributed by atoms with E-state index < -0.39 is 0 Å². The van der Waals surface area contributed by atoms with E-state index in [1.54, 1.807) is 19.2 Å². The van der Waals surface area contributed by atoms with Crippen molar-refractivity contribution in [2.45, 2.75) is 12.8 Å². The number of ether oxygens (including phenoxy) is 1. The molecular weight excluding hydrogens is 354 g/mol. The van der Waals surface area contributed by atoms with Crippen LogP contribution in [0.4, 0.5) is 5.69 Å². The van der Waals surface area contributed by atoms with E-state index >= 15 is 0 Å². The molecule has 0 aliphatic heterocycles. The lowest BCUT2D eigenvalue weighted by Crippen LogP contribution is -2.13. The molecule has 0 spiro atoms. The molecule has 1 N–H and O–H groups in total. The summed E-state index contributed by atoms with van der Waals surface area (Å²) in [5, 5.41) is 9.10. The van der Waals surface area contributed by atoms with Gasteiger partial charge in [-0.05, 0) is 22.9 Å². The molecule has 4 rings (SSSR count). The van der Waals surface area contributed by atoms with Crippen LogP contribution in [0.5, 0.6) is 5.75 Å². The highest BCUT2D eigenvalue weighted by Gasteiger charge is 2.13. The molecule has 0 aliphatic rings. The van der Waals surface area contributed by atoms with Gasteiger partial charge in [-0.15, -0.1) is 0 Å². The number of fused-ring (bicyclic) bond motifs is 1. The number of aryl methyl sites for hydroxylation is 1. The minimum Gasteiger partial charge on any atom is -0.495 e. The summed E-state index contributed by atoms with van der Waals surface area (Å²) in [5.41, 5.74) is 1.54. The number of hydrogen-bond donors (Lipinski definition) is 1. The molecule has 0 saturated heterocycles. The molecule has 6 nitrogen and oxygen atoms in total. The fourth-order valence-electron chi connectivity index (χ4n) is 3.07. The smallest absolute Gasteiger partial charge is 0.227 e. The molecule has 0 radical (unpaired) electrons. The second-order valence-corrected chi connectivity index (χ2v) is 6.29. The fourth-order valence-corrected chi connectivity index (χ4v) is 3.07. The summed E-state index contributed by atoms with van der Waals surface area (Å²) >= 11 is 0. The van der Waals surface area contributed by atoms with Gasteiger partial charge in [-0.3, -0.25) is 4.79 Å². The molecule has 3 aromatic carbocycles. The van der Waals surface area contributed by atoms with E-state index in [9.17, 15) is 4.79 Å². The first kappa shape index (κ1) is 17.7. The van der Waals surface area contributed by atoms with E-state index in [1.807, 2.05) is 54.6 Å². The summed E-state index contributed by atoms with van der Waals surface area (Å²) in [7, 11) is 1.57. The molecule has 6 heteroatoms. The van der Waals surface area contributed by atoms with E-state index in [0.717, 1.165) is 16.3 Å². The lowest BCUT2D eigenvalue weighted by atomic mass is 10.0. The first-order chi connectivity index (χ1) is 13.7. The summed E-state index contributed by atoms with van der Waals surface area (Å²) in [5.74, 6) is 1.43. The number of benzene rings is 3. The second-order valence-electron chi connectivity index (χ2n) is 6.29. The minimum absolute atomic E-state index is 0.144. The highest BCUT2D eigenvalue weighted by molar-refractivity contribution is 5.95. The molecule has 0 atom stereocenters. The Morgan fingerprint density at radius 3 is 2.71 bits per heavy atom. The number of hydrogen-bond acceptors (Lipinski definition) is 5. The third-order valence-corrected chi connectivity index (χ3v) is 4.45. The lowest BCUT2D eigenvalue weighted by Gasteiger charge is -2.09. The first-order valence-corrected chi connectivity index (χ1v) is 8.98. The van der Waals surface area contributed by atoms with Crippen LogP contribution >= 0.6 is 0 Å². The number of carbonyl (C=O) groups excluding carboxylic acids is 1. The fraction of sp³-hybridized carbons (Fsp3) is 0.136. The molecule has 0 fully saturated rings. The average Bonchev–Trinajstić information content (AvgIpc) is 3.21. The van der Waals surface area contributed by atoms with E-state index in [1.165, 1.54) is 0 Å². The third-order valence-electron chi connectivity index (χ3n) is 4.45. The van der Waals surface area contributed by atoms with Crippen LogP contribution in [0.2, 0.25) is 0 Å². The maximum absolute atomic E-state index is 12.2. The predicted molar refractivity (Wildman–Crippen MR) is 107 cm³/mol. The second kappa shape index (κ2) is 7.92. The van der Waals surface area contributed by atoms with Crippen molar-refractivity contribution in [2.75, 3.05) is 12.4 Å². The summed E-state index contributed by atoms with van der Waals surface area (Å²) in [4.78, 5) is 16.7. The number of rotatable bonds is 6. The number of carbonyl (C=O) groups is 1. The molecular formula is C22H19N3O3. The van der Waals surface area contributed by atoms with Crippen LogP contribution in [-0.2, 0) is 11.2 Å². The zero-order valence-corrected chi connectivity index (χ0v) is 15.4. The maximum Gasteiger partial charge on any atom is 0.227 e. The Labute approximate surface area is 162 Å². The summed E-state index contributed by atoms with van der Waals surface area (Å²) < 4.78 is 10.6.